The number of hydrogen-bond donors (Lipinski definition) is 0. The van der Waals surface area contributed by atoms with Gasteiger partial charge in [0.25, 0.3) is 0 Å². The highest BCUT2D eigenvalue weighted by atomic mass is 16.5. The number of benzene rings is 1. The molecular formula is C12H12O3. The molecule has 1 aromatic carbocycles. The van der Waals surface area contributed by atoms with E-state index in [1.165, 1.54) is 13.0 Å². The molecule has 0 aliphatic carbocycles. The summed E-state index contributed by atoms with van der Waals surface area (Å²) in [5.41, 5.74) is 0.503. The summed E-state index contributed by atoms with van der Waals surface area (Å²) in [4.78, 5) is 22.5. The maximum Gasteiger partial charge on any atom is 0.303 e. The Morgan fingerprint density at radius 1 is 1.33 bits per heavy atom. The largest absolute Gasteiger partial charge is 0.450 e. The van der Waals surface area contributed by atoms with Gasteiger partial charge in [-0.25, -0.2) is 0 Å². The minimum absolute atomic E-state index is 0.263. The van der Waals surface area contributed by atoms with Crippen molar-refractivity contribution in [2.24, 2.45) is 0 Å². The van der Waals surface area contributed by atoms with E-state index in [2.05, 4.69) is 6.58 Å². The quantitative estimate of drug-likeness (QED) is 0.428. The number of Topliss-reactive ketones (excluding diaryl/α,β-unsaturated/α-hetero) is 1. The van der Waals surface area contributed by atoms with E-state index >= 15 is 0 Å². The van der Waals surface area contributed by atoms with Crippen LogP contribution in [0.25, 0.3) is 0 Å². The summed E-state index contributed by atoms with van der Waals surface area (Å²) in [6.45, 7) is 4.72. The molecule has 0 bridgehead atoms. The van der Waals surface area contributed by atoms with E-state index in [1.807, 2.05) is 6.07 Å². The molecule has 0 radical (unpaired) electrons. The van der Waals surface area contributed by atoms with Crippen LogP contribution in [0.1, 0.15) is 17.3 Å². The van der Waals surface area contributed by atoms with E-state index < -0.39 is 12.1 Å². The van der Waals surface area contributed by atoms with Gasteiger partial charge in [-0.1, -0.05) is 36.9 Å². The summed E-state index contributed by atoms with van der Waals surface area (Å²) in [7, 11) is 0. The van der Waals surface area contributed by atoms with Gasteiger partial charge in [0.1, 0.15) is 0 Å². The molecule has 0 saturated carbocycles. The van der Waals surface area contributed by atoms with E-state index in [1.54, 1.807) is 24.3 Å². The van der Waals surface area contributed by atoms with Gasteiger partial charge < -0.3 is 4.74 Å². The van der Waals surface area contributed by atoms with E-state index in [9.17, 15) is 9.59 Å². The fourth-order valence-corrected chi connectivity index (χ4v) is 1.15. The first-order valence-electron chi connectivity index (χ1n) is 4.54. The van der Waals surface area contributed by atoms with Gasteiger partial charge in [0.05, 0.1) is 0 Å². The zero-order valence-electron chi connectivity index (χ0n) is 8.47. The Morgan fingerprint density at radius 2 is 1.93 bits per heavy atom. The highest BCUT2D eigenvalue weighted by Crippen LogP contribution is 2.07. The van der Waals surface area contributed by atoms with Crippen molar-refractivity contribution in [3.63, 3.8) is 0 Å². The zero-order valence-corrected chi connectivity index (χ0v) is 8.47. The standard InChI is InChI=1S/C12H12O3/c1-3-11(15-9(2)13)12(14)10-7-5-4-6-8-10/h3-8,11H,1H2,2H3. The van der Waals surface area contributed by atoms with Crippen molar-refractivity contribution >= 4 is 11.8 Å². The van der Waals surface area contributed by atoms with Crippen LogP contribution in [0.3, 0.4) is 0 Å². The number of hydrogen-bond acceptors (Lipinski definition) is 3. The molecule has 1 rings (SSSR count). The average Bonchev–Trinajstić information content (AvgIpc) is 2.26. The van der Waals surface area contributed by atoms with Crippen molar-refractivity contribution in [1.29, 1.82) is 0 Å². The van der Waals surface area contributed by atoms with Crippen LogP contribution in [0.4, 0.5) is 0 Å². The summed E-state index contributed by atoms with van der Waals surface area (Å²) < 4.78 is 4.81. The van der Waals surface area contributed by atoms with Crippen molar-refractivity contribution in [2.75, 3.05) is 0 Å². The highest BCUT2D eigenvalue weighted by molar-refractivity contribution is 6.01. The Balaban J connectivity index is 2.82. The smallest absolute Gasteiger partial charge is 0.303 e. The van der Waals surface area contributed by atoms with Crippen LogP contribution in [0.5, 0.6) is 0 Å². The zero-order chi connectivity index (χ0) is 11.3. The molecule has 1 unspecified atom stereocenters. The molecule has 3 nitrogen and oxygen atoms in total. The minimum atomic E-state index is -0.898. The second-order valence-corrected chi connectivity index (χ2v) is 3.00. The van der Waals surface area contributed by atoms with Crippen LogP contribution in [0, 0.1) is 0 Å². The molecule has 0 heterocycles. The molecule has 0 aliphatic rings. The van der Waals surface area contributed by atoms with Gasteiger partial charge in [0.15, 0.2) is 6.10 Å². The number of esters is 1. The van der Waals surface area contributed by atoms with Gasteiger partial charge in [0.2, 0.25) is 5.78 Å². The highest BCUT2D eigenvalue weighted by Gasteiger charge is 2.18. The van der Waals surface area contributed by atoms with Gasteiger partial charge in [-0.05, 0) is 6.08 Å². The van der Waals surface area contributed by atoms with Crippen LogP contribution >= 0.6 is 0 Å². The fraction of sp³-hybridized carbons (Fsp3) is 0.167. The van der Waals surface area contributed by atoms with E-state index in [-0.39, 0.29) is 5.78 Å². The molecule has 0 N–H and O–H groups in total. The lowest BCUT2D eigenvalue weighted by Gasteiger charge is -2.11. The Hall–Kier alpha value is -1.90. The first-order valence-corrected chi connectivity index (χ1v) is 4.54. The maximum atomic E-state index is 11.8. The van der Waals surface area contributed by atoms with Crippen molar-refractivity contribution < 1.29 is 14.3 Å². The number of carbonyl (C=O) groups is 2. The Morgan fingerprint density at radius 3 is 2.40 bits per heavy atom. The molecule has 0 fully saturated rings. The van der Waals surface area contributed by atoms with E-state index in [0.717, 1.165) is 0 Å². The minimum Gasteiger partial charge on any atom is -0.450 e. The summed E-state index contributed by atoms with van der Waals surface area (Å²) in [6, 6.07) is 8.65. The van der Waals surface area contributed by atoms with E-state index in [4.69, 9.17) is 4.74 Å². The summed E-state index contributed by atoms with van der Waals surface area (Å²) in [5.74, 6) is -0.759. The number of rotatable bonds is 4. The topological polar surface area (TPSA) is 43.4 Å². The maximum absolute atomic E-state index is 11.8. The third-order valence-corrected chi connectivity index (χ3v) is 1.82. The second-order valence-electron chi connectivity index (χ2n) is 3.00. The van der Waals surface area contributed by atoms with Crippen molar-refractivity contribution in [3.8, 4) is 0 Å². The Kier molecular flexibility index (Phi) is 3.80. The molecular weight excluding hydrogens is 192 g/mol. The monoisotopic (exact) mass is 204 g/mol. The molecule has 0 spiro atoms. The van der Waals surface area contributed by atoms with Crippen LogP contribution < -0.4 is 0 Å². The molecule has 3 heteroatoms. The molecule has 0 aromatic heterocycles. The molecule has 0 amide bonds. The Labute approximate surface area is 88.4 Å². The summed E-state index contributed by atoms with van der Waals surface area (Å²) in [6.07, 6.45) is 0.418. The van der Waals surface area contributed by atoms with Gasteiger partial charge in [-0.15, -0.1) is 0 Å². The first-order chi connectivity index (χ1) is 7.15. The molecule has 78 valence electrons. The van der Waals surface area contributed by atoms with Gasteiger partial charge in [-0.3, -0.25) is 9.59 Å². The number of ether oxygens (including phenoxy) is 1. The third kappa shape index (κ3) is 3.06. The molecule has 0 saturated heterocycles. The van der Waals surface area contributed by atoms with E-state index in [0.29, 0.717) is 5.56 Å². The number of ketones is 1. The van der Waals surface area contributed by atoms with Crippen LogP contribution in [0.15, 0.2) is 43.0 Å². The molecule has 1 aromatic rings. The lowest BCUT2D eigenvalue weighted by Crippen LogP contribution is -2.24. The lowest BCUT2D eigenvalue weighted by atomic mass is 10.1. The van der Waals surface area contributed by atoms with Crippen molar-refractivity contribution in [1.82, 2.24) is 0 Å². The average molecular weight is 204 g/mol. The predicted octanol–water partition coefficient (Wildman–Crippen LogP) is 1.99. The summed E-state index contributed by atoms with van der Waals surface area (Å²) >= 11 is 0. The fourth-order valence-electron chi connectivity index (χ4n) is 1.15. The first kappa shape index (κ1) is 11.2. The van der Waals surface area contributed by atoms with Gasteiger partial charge in [-0.2, -0.15) is 0 Å². The summed E-state index contributed by atoms with van der Waals surface area (Å²) in [5, 5.41) is 0. The SMILES string of the molecule is C=CC(OC(C)=O)C(=O)c1ccccc1. The normalized spacial score (nSPS) is 11.5. The van der Waals surface area contributed by atoms with Crippen molar-refractivity contribution in [3.05, 3.63) is 48.6 Å². The molecule has 15 heavy (non-hydrogen) atoms. The van der Waals surface area contributed by atoms with Crippen LogP contribution in [-0.2, 0) is 9.53 Å². The Bertz CT molecular complexity index is 368. The molecule has 0 aliphatic heterocycles. The van der Waals surface area contributed by atoms with Crippen molar-refractivity contribution in [2.45, 2.75) is 13.0 Å². The molecule has 1 atom stereocenters. The van der Waals surface area contributed by atoms with Gasteiger partial charge >= 0.3 is 5.97 Å². The van der Waals surface area contributed by atoms with Gasteiger partial charge in [0, 0.05) is 12.5 Å². The third-order valence-electron chi connectivity index (χ3n) is 1.82. The second kappa shape index (κ2) is 5.10. The lowest BCUT2D eigenvalue weighted by molar-refractivity contribution is -0.142. The van der Waals surface area contributed by atoms with Crippen LogP contribution in [0.2, 0.25) is 0 Å². The number of carbonyl (C=O) groups excluding carboxylic acids is 2. The van der Waals surface area contributed by atoms with Crippen LogP contribution in [-0.4, -0.2) is 17.9 Å². The predicted molar refractivity (Wildman–Crippen MR) is 56.5 cm³/mol.